The number of piperidine rings is 1. The van der Waals surface area contributed by atoms with E-state index in [9.17, 15) is 4.79 Å². The minimum Gasteiger partial charge on any atom is -0.364 e. The molecule has 2 aliphatic rings. The van der Waals surface area contributed by atoms with Crippen LogP contribution in [0.15, 0.2) is 17.0 Å². The van der Waals surface area contributed by atoms with Gasteiger partial charge in [0.05, 0.1) is 11.8 Å². The summed E-state index contributed by atoms with van der Waals surface area (Å²) in [4.78, 5) is 14.0. The second kappa shape index (κ2) is 3.34. The summed E-state index contributed by atoms with van der Waals surface area (Å²) in [5.41, 5.74) is 0.558. The fourth-order valence-corrected chi connectivity index (χ4v) is 2.52. The van der Waals surface area contributed by atoms with Crippen LogP contribution >= 0.6 is 0 Å². The Labute approximate surface area is 87.4 Å². The van der Waals surface area contributed by atoms with E-state index in [0.717, 1.165) is 25.9 Å². The quantitative estimate of drug-likeness (QED) is 0.717. The summed E-state index contributed by atoms with van der Waals surface area (Å²) < 4.78 is 4.69. The van der Waals surface area contributed by atoms with Crippen molar-refractivity contribution < 1.29 is 9.32 Å². The molecule has 2 unspecified atom stereocenters. The van der Waals surface area contributed by atoms with Crippen molar-refractivity contribution in [2.24, 2.45) is 0 Å². The van der Waals surface area contributed by atoms with Crippen LogP contribution in [0.3, 0.4) is 0 Å². The highest BCUT2D eigenvalue weighted by atomic mass is 16.5. The fourth-order valence-electron chi connectivity index (χ4n) is 2.52. The number of aromatic nitrogens is 1. The van der Waals surface area contributed by atoms with Gasteiger partial charge < -0.3 is 14.7 Å². The van der Waals surface area contributed by atoms with Crippen LogP contribution in [0.4, 0.5) is 0 Å². The predicted molar refractivity (Wildman–Crippen MR) is 52.4 cm³/mol. The fraction of sp³-hybridized carbons (Fsp3) is 0.600. The van der Waals surface area contributed by atoms with Crippen LogP contribution in [-0.4, -0.2) is 41.1 Å². The van der Waals surface area contributed by atoms with E-state index in [1.54, 1.807) is 0 Å². The maximum atomic E-state index is 12.0. The first kappa shape index (κ1) is 8.91. The summed E-state index contributed by atoms with van der Waals surface area (Å²) in [5.74, 6) is 0.0486. The number of carbonyl (C=O) groups excluding carboxylic acids is 1. The van der Waals surface area contributed by atoms with Crippen LogP contribution in [0, 0.1) is 0 Å². The van der Waals surface area contributed by atoms with Gasteiger partial charge in [0.2, 0.25) is 0 Å². The molecule has 0 aliphatic carbocycles. The molecule has 0 aromatic carbocycles. The molecule has 1 aromatic rings. The lowest BCUT2D eigenvalue weighted by atomic mass is 10.1. The first-order valence-electron chi connectivity index (χ1n) is 5.28. The van der Waals surface area contributed by atoms with Crippen LogP contribution < -0.4 is 5.32 Å². The molecule has 5 heteroatoms. The van der Waals surface area contributed by atoms with Crippen LogP contribution in [0.2, 0.25) is 0 Å². The maximum absolute atomic E-state index is 12.0. The van der Waals surface area contributed by atoms with Crippen molar-refractivity contribution in [3.05, 3.63) is 18.0 Å². The zero-order valence-corrected chi connectivity index (χ0v) is 8.35. The third-order valence-corrected chi connectivity index (χ3v) is 3.27. The van der Waals surface area contributed by atoms with Gasteiger partial charge >= 0.3 is 0 Å². The highest BCUT2D eigenvalue weighted by molar-refractivity contribution is 5.94. The van der Waals surface area contributed by atoms with E-state index in [1.165, 1.54) is 12.5 Å². The summed E-state index contributed by atoms with van der Waals surface area (Å²) in [6.45, 7) is 1.83. The van der Waals surface area contributed by atoms with Gasteiger partial charge in [0.1, 0.15) is 6.26 Å². The average molecular weight is 207 g/mol. The highest BCUT2D eigenvalue weighted by Crippen LogP contribution is 2.25. The SMILES string of the molecule is O=C(c1cnoc1)N1CC2CC1CCN2. The van der Waals surface area contributed by atoms with Crippen molar-refractivity contribution in [1.82, 2.24) is 15.4 Å². The molecule has 15 heavy (non-hydrogen) atoms. The van der Waals surface area contributed by atoms with E-state index in [-0.39, 0.29) is 5.91 Å². The van der Waals surface area contributed by atoms with Crippen molar-refractivity contribution in [2.75, 3.05) is 13.1 Å². The number of amides is 1. The molecule has 0 radical (unpaired) electrons. The third-order valence-electron chi connectivity index (χ3n) is 3.27. The van der Waals surface area contributed by atoms with Crippen molar-refractivity contribution in [3.8, 4) is 0 Å². The Morgan fingerprint density at radius 1 is 1.67 bits per heavy atom. The summed E-state index contributed by atoms with van der Waals surface area (Å²) in [7, 11) is 0. The van der Waals surface area contributed by atoms with Crippen LogP contribution in [0.5, 0.6) is 0 Å². The van der Waals surface area contributed by atoms with E-state index >= 15 is 0 Å². The molecule has 1 N–H and O–H groups in total. The van der Waals surface area contributed by atoms with E-state index in [2.05, 4.69) is 10.5 Å². The predicted octanol–water partition coefficient (Wildman–Crippen LogP) is 0.251. The Morgan fingerprint density at radius 2 is 2.60 bits per heavy atom. The molecule has 3 rings (SSSR count). The molecular formula is C10H13N3O2. The van der Waals surface area contributed by atoms with Gasteiger partial charge in [-0.1, -0.05) is 5.16 Å². The molecule has 0 spiro atoms. The number of rotatable bonds is 1. The second-order valence-electron chi connectivity index (χ2n) is 4.20. The third kappa shape index (κ3) is 1.43. The number of hydrogen-bond donors (Lipinski definition) is 1. The highest BCUT2D eigenvalue weighted by Gasteiger charge is 2.38. The molecule has 2 aliphatic heterocycles. The zero-order valence-electron chi connectivity index (χ0n) is 8.35. The molecule has 3 heterocycles. The lowest BCUT2D eigenvalue weighted by molar-refractivity contribution is 0.0735. The maximum Gasteiger partial charge on any atom is 0.259 e. The largest absolute Gasteiger partial charge is 0.364 e. The summed E-state index contributed by atoms with van der Waals surface area (Å²) in [6.07, 6.45) is 5.03. The van der Waals surface area contributed by atoms with Gasteiger partial charge in [0, 0.05) is 18.6 Å². The van der Waals surface area contributed by atoms with Crippen LogP contribution in [0.1, 0.15) is 23.2 Å². The van der Waals surface area contributed by atoms with Crippen molar-refractivity contribution in [2.45, 2.75) is 24.9 Å². The molecule has 1 amide bonds. The van der Waals surface area contributed by atoms with E-state index in [4.69, 9.17) is 4.52 Å². The Kier molecular flexibility index (Phi) is 1.98. The first-order valence-corrected chi connectivity index (χ1v) is 5.28. The van der Waals surface area contributed by atoms with Gasteiger partial charge in [0.15, 0.2) is 0 Å². The molecular weight excluding hydrogens is 194 g/mol. The Balaban J connectivity index is 1.80. The molecule has 2 fully saturated rings. The van der Waals surface area contributed by atoms with Gasteiger partial charge in [-0.15, -0.1) is 0 Å². The van der Waals surface area contributed by atoms with E-state index < -0.39 is 0 Å². The second-order valence-corrected chi connectivity index (χ2v) is 4.20. The summed E-state index contributed by atoms with van der Waals surface area (Å²) in [6, 6.07) is 0.881. The molecule has 1 aromatic heterocycles. The number of nitrogens with one attached hydrogen (secondary N) is 1. The van der Waals surface area contributed by atoms with Crippen LogP contribution in [0.25, 0.3) is 0 Å². The van der Waals surface area contributed by atoms with Crippen molar-refractivity contribution in [1.29, 1.82) is 0 Å². The molecule has 2 saturated heterocycles. The lowest BCUT2D eigenvalue weighted by Crippen LogP contribution is -2.36. The normalized spacial score (nSPS) is 29.5. The Morgan fingerprint density at radius 3 is 3.33 bits per heavy atom. The average Bonchev–Trinajstić information content (AvgIpc) is 2.86. The number of likely N-dealkylation sites (tertiary alicyclic amines) is 1. The van der Waals surface area contributed by atoms with Gasteiger partial charge in [-0.25, -0.2) is 0 Å². The molecule has 0 saturated carbocycles. The van der Waals surface area contributed by atoms with Gasteiger partial charge in [-0.3, -0.25) is 4.79 Å². The monoisotopic (exact) mass is 207 g/mol. The number of carbonyl (C=O) groups is 1. The smallest absolute Gasteiger partial charge is 0.259 e. The van der Waals surface area contributed by atoms with Gasteiger partial charge in [0.25, 0.3) is 5.91 Å². The first-order chi connectivity index (χ1) is 7.34. The number of fused-ring (bicyclic) bond motifs is 2. The zero-order chi connectivity index (χ0) is 10.3. The Bertz CT molecular complexity index is 363. The van der Waals surface area contributed by atoms with Crippen LogP contribution in [-0.2, 0) is 0 Å². The summed E-state index contributed by atoms with van der Waals surface area (Å²) in [5, 5.41) is 6.97. The van der Waals surface area contributed by atoms with Gasteiger partial charge in [-0.2, -0.15) is 0 Å². The minimum atomic E-state index is 0.0486. The topological polar surface area (TPSA) is 58.4 Å². The summed E-state index contributed by atoms with van der Waals surface area (Å²) >= 11 is 0. The molecule has 2 atom stereocenters. The number of nitrogens with zero attached hydrogens (tertiary/aromatic N) is 2. The molecule has 2 bridgehead atoms. The number of hydrogen-bond acceptors (Lipinski definition) is 4. The van der Waals surface area contributed by atoms with E-state index in [1.807, 2.05) is 4.90 Å². The lowest BCUT2D eigenvalue weighted by Gasteiger charge is -2.23. The Hall–Kier alpha value is -1.36. The van der Waals surface area contributed by atoms with E-state index in [0.29, 0.717) is 17.6 Å². The van der Waals surface area contributed by atoms with Crippen molar-refractivity contribution in [3.63, 3.8) is 0 Å². The molecule has 80 valence electrons. The van der Waals surface area contributed by atoms with Gasteiger partial charge in [-0.05, 0) is 19.4 Å². The standard InChI is InChI=1S/C10H13N3O2/c14-10(7-4-12-15-6-7)13-5-8-3-9(13)1-2-11-8/h4,6,8-9,11H,1-3,5H2. The minimum absolute atomic E-state index is 0.0486. The molecule has 5 nitrogen and oxygen atoms in total. The van der Waals surface area contributed by atoms with Crippen molar-refractivity contribution >= 4 is 5.91 Å².